The van der Waals surface area contributed by atoms with Crippen LogP contribution in [0.1, 0.15) is 10.4 Å². The molecule has 110 valence electrons. The van der Waals surface area contributed by atoms with Gasteiger partial charge in [-0.05, 0) is 30.3 Å². The lowest BCUT2D eigenvalue weighted by atomic mass is 10.2. The molecule has 0 saturated heterocycles. The first-order valence-corrected chi connectivity index (χ1v) is 6.57. The molecule has 7 heteroatoms. The van der Waals surface area contributed by atoms with Crippen LogP contribution in [0.3, 0.4) is 0 Å². The lowest BCUT2D eigenvalue weighted by Gasteiger charge is -2.12. The summed E-state index contributed by atoms with van der Waals surface area (Å²) in [4.78, 5) is 12.0. The van der Waals surface area contributed by atoms with Gasteiger partial charge in [-0.1, -0.05) is 28.1 Å². The molecule has 0 aliphatic heterocycles. The molecule has 0 radical (unpaired) electrons. The van der Waals surface area contributed by atoms with Crippen LogP contribution in [0.15, 0.2) is 46.9 Å². The van der Waals surface area contributed by atoms with E-state index in [2.05, 4.69) is 26.0 Å². The topological polar surface area (TPSA) is 38.3 Å². The van der Waals surface area contributed by atoms with Crippen LogP contribution in [0.25, 0.3) is 0 Å². The van der Waals surface area contributed by atoms with Crippen LogP contribution < -0.4 is 10.1 Å². The number of ether oxygens (including phenoxy) is 1. The van der Waals surface area contributed by atoms with Crippen LogP contribution in [-0.4, -0.2) is 12.5 Å². The second kappa shape index (κ2) is 6.62. The van der Waals surface area contributed by atoms with Crippen molar-refractivity contribution in [3.63, 3.8) is 0 Å². The first-order chi connectivity index (χ1) is 9.97. The Bertz CT molecular complexity index is 664. The van der Waals surface area contributed by atoms with Gasteiger partial charge >= 0.3 is 6.61 Å². The quantitative estimate of drug-likeness (QED) is 0.876. The van der Waals surface area contributed by atoms with Crippen LogP contribution in [-0.2, 0) is 0 Å². The minimum absolute atomic E-state index is 0.0298. The number of alkyl halides is 2. The highest BCUT2D eigenvalue weighted by Gasteiger charge is 2.15. The van der Waals surface area contributed by atoms with E-state index in [1.54, 1.807) is 0 Å². The zero-order valence-electron chi connectivity index (χ0n) is 10.4. The molecule has 0 unspecified atom stereocenters. The molecule has 2 rings (SSSR count). The summed E-state index contributed by atoms with van der Waals surface area (Å²) >= 11 is 3.13. The molecule has 0 aliphatic rings. The Labute approximate surface area is 126 Å². The molecule has 0 bridgehead atoms. The van der Waals surface area contributed by atoms with Crippen molar-refractivity contribution in [2.24, 2.45) is 0 Å². The molecule has 21 heavy (non-hydrogen) atoms. The Morgan fingerprint density at radius 2 is 1.90 bits per heavy atom. The number of nitrogens with one attached hydrogen (secondary N) is 1. The van der Waals surface area contributed by atoms with E-state index < -0.39 is 18.3 Å². The summed E-state index contributed by atoms with van der Waals surface area (Å²) < 4.78 is 43.0. The van der Waals surface area contributed by atoms with E-state index in [1.165, 1.54) is 36.4 Å². The Kier molecular flexibility index (Phi) is 4.85. The highest BCUT2D eigenvalue weighted by Crippen LogP contribution is 2.26. The summed E-state index contributed by atoms with van der Waals surface area (Å²) in [6.45, 7) is -3.02. The number of hydrogen-bond acceptors (Lipinski definition) is 2. The van der Waals surface area contributed by atoms with Gasteiger partial charge in [-0.15, -0.1) is 0 Å². The highest BCUT2D eigenvalue weighted by atomic mass is 79.9. The average molecular weight is 360 g/mol. The normalized spacial score (nSPS) is 10.5. The standard InChI is InChI=1S/C14H9BrF3NO2/c15-8-5-6-10(16)9(7-8)13(20)19-11-3-1-2-4-12(11)21-14(17)18/h1-7,14H,(H,19,20). The van der Waals surface area contributed by atoms with Gasteiger partial charge in [-0.3, -0.25) is 4.79 Å². The first kappa shape index (κ1) is 15.4. The number of carbonyl (C=O) groups excluding carboxylic acids is 1. The Morgan fingerprint density at radius 3 is 2.62 bits per heavy atom. The highest BCUT2D eigenvalue weighted by molar-refractivity contribution is 9.10. The molecule has 0 spiro atoms. The average Bonchev–Trinajstić information content (AvgIpc) is 2.43. The molecular weight excluding hydrogens is 351 g/mol. The van der Waals surface area contributed by atoms with E-state index in [1.807, 2.05) is 0 Å². The Morgan fingerprint density at radius 1 is 1.19 bits per heavy atom. The molecule has 1 amide bonds. The van der Waals surface area contributed by atoms with Gasteiger partial charge in [-0.25, -0.2) is 4.39 Å². The fourth-order valence-electron chi connectivity index (χ4n) is 1.63. The maximum atomic E-state index is 13.6. The molecule has 0 aromatic heterocycles. The second-order valence-electron chi connectivity index (χ2n) is 3.95. The molecule has 0 aliphatic carbocycles. The van der Waals surface area contributed by atoms with Gasteiger partial charge in [-0.2, -0.15) is 8.78 Å². The monoisotopic (exact) mass is 359 g/mol. The van der Waals surface area contributed by atoms with Gasteiger partial charge in [0.15, 0.2) is 0 Å². The predicted molar refractivity (Wildman–Crippen MR) is 75.1 cm³/mol. The molecule has 0 fully saturated rings. The zero-order chi connectivity index (χ0) is 15.4. The molecule has 2 aromatic rings. The molecule has 0 atom stereocenters. The summed E-state index contributed by atoms with van der Waals surface area (Å²) in [5.41, 5.74) is -0.182. The van der Waals surface area contributed by atoms with Gasteiger partial charge < -0.3 is 10.1 Å². The number of para-hydroxylation sites is 2. The van der Waals surface area contributed by atoms with E-state index in [4.69, 9.17) is 0 Å². The SMILES string of the molecule is O=C(Nc1ccccc1OC(F)F)c1cc(Br)ccc1F. The summed E-state index contributed by atoms with van der Waals surface area (Å²) in [5, 5.41) is 2.34. The van der Waals surface area contributed by atoms with Crippen LogP contribution in [0.5, 0.6) is 5.75 Å². The minimum Gasteiger partial charge on any atom is -0.433 e. The number of benzene rings is 2. The fraction of sp³-hybridized carbons (Fsp3) is 0.0714. The summed E-state index contributed by atoms with van der Waals surface area (Å²) in [6, 6.07) is 9.53. The Hall–Kier alpha value is -2.02. The molecule has 1 N–H and O–H groups in total. The zero-order valence-corrected chi connectivity index (χ0v) is 12.0. The third-order valence-corrected chi connectivity index (χ3v) is 3.02. The van der Waals surface area contributed by atoms with Gasteiger partial charge in [0.05, 0.1) is 11.3 Å². The number of halogens is 4. The third kappa shape index (κ3) is 3.98. The smallest absolute Gasteiger partial charge is 0.387 e. The lowest BCUT2D eigenvalue weighted by Crippen LogP contribution is -2.15. The predicted octanol–water partition coefficient (Wildman–Crippen LogP) is 4.44. The van der Waals surface area contributed by atoms with Crippen molar-refractivity contribution in [2.45, 2.75) is 6.61 Å². The van der Waals surface area contributed by atoms with Gasteiger partial charge in [0, 0.05) is 4.47 Å². The van der Waals surface area contributed by atoms with Crippen LogP contribution in [0.2, 0.25) is 0 Å². The molecule has 3 nitrogen and oxygen atoms in total. The summed E-state index contributed by atoms with van der Waals surface area (Å²) in [7, 11) is 0. The lowest BCUT2D eigenvalue weighted by molar-refractivity contribution is -0.0493. The van der Waals surface area contributed by atoms with E-state index in [0.29, 0.717) is 4.47 Å². The van der Waals surface area contributed by atoms with Crippen LogP contribution in [0.4, 0.5) is 18.9 Å². The number of hydrogen-bond donors (Lipinski definition) is 1. The van der Waals surface area contributed by atoms with Crippen LogP contribution in [0, 0.1) is 5.82 Å². The van der Waals surface area contributed by atoms with Crippen molar-refractivity contribution in [3.8, 4) is 5.75 Å². The summed E-state index contributed by atoms with van der Waals surface area (Å²) in [6.07, 6.45) is 0. The van der Waals surface area contributed by atoms with Crippen molar-refractivity contribution in [1.29, 1.82) is 0 Å². The van der Waals surface area contributed by atoms with Gasteiger partial charge in [0.1, 0.15) is 11.6 Å². The van der Waals surface area contributed by atoms with E-state index in [-0.39, 0.29) is 17.0 Å². The summed E-state index contributed by atoms with van der Waals surface area (Å²) in [5.74, 6) is -1.68. The number of carbonyl (C=O) groups is 1. The second-order valence-corrected chi connectivity index (χ2v) is 4.87. The third-order valence-electron chi connectivity index (χ3n) is 2.52. The van der Waals surface area contributed by atoms with Crippen molar-refractivity contribution < 1.29 is 22.7 Å². The molecule has 2 aromatic carbocycles. The van der Waals surface area contributed by atoms with Crippen molar-refractivity contribution in [2.75, 3.05) is 5.32 Å². The van der Waals surface area contributed by atoms with Crippen molar-refractivity contribution >= 4 is 27.5 Å². The van der Waals surface area contributed by atoms with Gasteiger partial charge in [0.2, 0.25) is 0 Å². The number of anilines is 1. The van der Waals surface area contributed by atoms with Crippen molar-refractivity contribution in [3.05, 3.63) is 58.3 Å². The fourth-order valence-corrected chi connectivity index (χ4v) is 1.99. The number of amides is 1. The molecule has 0 saturated carbocycles. The Balaban J connectivity index is 2.25. The maximum Gasteiger partial charge on any atom is 0.387 e. The minimum atomic E-state index is -3.02. The van der Waals surface area contributed by atoms with E-state index >= 15 is 0 Å². The van der Waals surface area contributed by atoms with Gasteiger partial charge in [0.25, 0.3) is 5.91 Å². The van der Waals surface area contributed by atoms with Crippen molar-refractivity contribution in [1.82, 2.24) is 0 Å². The first-order valence-electron chi connectivity index (χ1n) is 5.77. The largest absolute Gasteiger partial charge is 0.433 e. The maximum absolute atomic E-state index is 13.6. The van der Waals surface area contributed by atoms with E-state index in [0.717, 1.165) is 6.07 Å². The van der Waals surface area contributed by atoms with Crippen LogP contribution >= 0.6 is 15.9 Å². The van der Waals surface area contributed by atoms with E-state index in [9.17, 15) is 18.0 Å². The molecule has 0 heterocycles. The number of rotatable bonds is 4. The molecular formula is C14H9BrF3NO2.